The van der Waals surface area contributed by atoms with Crippen LogP contribution in [-0.2, 0) is 16.1 Å². The summed E-state index contributed by atoms with van der Waals surface area (Å²) in [5.74, 6) is 2.73. The molecule has 2 unspecified atom stereocenters. The Morgan fingerprint density at radius 2 is 1.52 bits per heavy atom. The Kier molecular flexibility index (Phi) is 7.67. The van der Waals surface area contributed by atoms with E-state index in [0.29, 0.717) is 24.3 Å². The molecule has 0 radical (unpaired) electrons. The van der Waals surface area contributed by atoms with E-state index >= 15 is 0 Å². The lowest BCUT2D eigenvalue weighted by atomic mass is 9.82. The largest absolute Gasteiger partial charge is 0.441 e. The van der Waals surface area contributed by atoms with Crippen LogP contribution in [0.1, 0.15) is 57.9 Å². The zero-order valence-electron chi connectivity index (χ0n) is 20.5. The summed E-state index contributed by atoms with van der Waals surface area (Å²) in [6.07, 6.45) is 4.95. The molecule has 2 aromatic carbocycles. The van der Waals surface area contributed by atoms with Crippen LogP contribution < -0.4 is 0 Å². The summed E-state index contributed by atoms with van der Waals surface area (Å²) in [5, 5.41) is 0. The molecule has 0 aliphatic heterocycles. The average molecular weight is 448 g/mol. The summed E-state index contributed by atoms with van der Waals surface area (Å²) >= 11 is 0. The predicted octanol–water partition coefficient (Wildman–Crippen LogP) is 7.46. The van der Waals surface area contributed by atoms with Crippen LogP contribution in [0.5, 0.6) is 0 Å². The average Bonchev–Trinajstić information content (AvgIpc) is 3.19. The van der Waals surface area contributed by atoms with Gasteiger partial charge in [0.1, 0.15) is 11.5 Å². The standard InChI is InChI=1S/C29H37NO3/c1-21-27(20-31-18-22-9-8-10-23(17-22)19-32-29(2,3)4)30-28(33-21)26-15-13-25(14-16-26)24-11-6-5-7-12-24/h5-7,11-16,22-23H,8-10,17-20H2,1-4H3. The Bertz CT molecular complexity index is 1000. The van der Waals surface area contributed by atoms with Crippen LogP contribution in [0.25, 0.3) is 22.6 Å². The zero-order valence-corrected chi connectivity index (χ0v) is 20.5. The summed E-state index contributed by atoms with van der Waals surface area (Å²) in [4.78, 5) is 4.72. The van der Waals surface area contributed by atoms with Crippen molar-refractivity contribution >= 4 is 0 Å². The number of aryl methyl sites for hydroxylation is 1. The van der Waals surface area contributed by atoms with Gasteiger partial charge in [-0.15, -0.1) is 0 Å². The Hall–Kier alpha value is -2.43. The number of rotatable bonds is 8. The first-order chi connectivity index (χ1) is 15.9. The highest BCUT2D eigenvalue weighted by Gasteiger charge is 2.24. The summed E-state index contributed by atoms with van der Waals surface area (Å²) in [6.45, 7) is 10.5. The van der Waals surface area contributed by atoms with Gasteiger partial charge in [0, 0.05) is 12.2 Å². The number of ether oxygens (including phenoxy) is 2. The third-order valence-corrected chi connectivity index (χ3v) is 6.37. The van der Waals surface area contributed by atoms with Gasteiger partial charge in [0.05, 0.1) is 18.8 Å². The molecule has 176 valence electrons. The van der Waals surface area contributed by atoms with Gasteiger partial charge in [-0.1, -0.05) is 48.9 Å². The minimum atomic E-state index is -0.0620. The topological polar surface area (TPSA) is 44.5 Å². The predicted molar refractivity (Wildman–Crippen MR) is 133 cm³/mol. The minimum absolute atomic E-state index is 0.0620. The molecule has 0 spiro atoms. The van der Waals surface area contributed by atoms with E-state index in [1.54, 1.807) is 0 Å². The van der Waals surface area contributed by atoms with Crippen LogP contribution in [-0.4, -0.2) is 23.8 Å². The SMILES string of the molecule is Cc1oc(-c2ccc(-c3ccccc3)cc2)nc1COCC1CCCC(COC(C)(C)C)C1. The third kappa shape index (κ3) is 6.78. The number of hydrogen-bond acceptors (Lipinski definition) is 4. The molecule has 1 aliphatic carbocycles. The number of hydrogen-bond donors (Lipinski definition) is 0. The molecule has 2 atom stereocenters. The van der Waals surface area contributed by atoms with E-state index in [9.17, 15) is 0 Å². The van der Waals surface area contributed by atoms with Crippen molar-refractivity contribution in [1.82, 2.24) is 4.98 Å². The molecular weight excluding hydrogens is 410 g/mol. The molecule has 0 amide bonds. The van der Waals surface area contributed by atoms with Crippen molar-refractivity contribution in [2.45, 2.75) is 65.6 Å². The van der Waals surface area contributed by atoms with Crippen molar-refractivity contribution < 1.29 is 13.9 Å². The highest BCUT2D eigenvalue weighted by atomic mass is 16.5. The monoisotopic (exact) mass is 447 g/mol. The lowest BCUT2D eigenvalue weighted by Crippen LogP contribution is -2.28. The van der Waals surface area contributed by atoms with Crippen LogP contribution in [0.2, 0.25) is 0 Å². The molecule has 33 heavy (non-hydrogen) atoms. The van der Waals surface area contributed by atoms with E-state index in [4.69, 9.17) is 18.9 Å². The lowest BCUT2D eigenvalue weighted by Gasteiger charge is -2.31. The molecule has 4 nitrogen and oxygen atoms in total. The second-order valence-corrected chi connectivity index (χ2v) is 10.3. The van der Waals surface area contributed by atoms with Gasteiger partial charge in [-0.25, -0.2) is 4.98 Å². The smallest absolute Gasteiger partial charge is 0.226 e. The van der Waals surface area contributed by atoms with Gasteiger partial charge in [-0.2, -0.15) is 0 Å². The molecule has 0 N–H and O–H groups in total. The Labute approximate surface area is 198 Å². The highest BCUT2D eigenvalue weighted by Crippen LogP contribution is 2.31. The molecule has 4 rings (SSSR count). The Morgan fingerprint density at radius 3 is 2.21 bits per heavy atom. The normalized spacial score (nSPS) is 19.0. The number of oxazole rings is 1. The van der Waals surface area contributed by atoms with Crippen LogP contribution in [0.4, 0.5) is 0 Å². The first kappa shape index (κ1) is 23.7. The highest BCUT2D eigenvalue weighted by molar-refractivity contribution is 5.67. The van der Waals surface area contributed by atoms with Crippen molar-refractivity contribution in [2.75, 3.05) is 13.2 Å². The number of nitrogens with zero attached hydrogens (tertiary/aromatic N) is 1. The molecule has 0 saturated heterocycles. The fourth-order valence-electron chi connectivity index (χ4n) is 4.52. The van der Waals surface area contributed by atoms with Gasteiger partial charge in [0.25, 0.3) is 0 Å². The van der Waals surface area contributed by atoms with E-state index in [1.807, 2.05) is 13.0 Å². The van der Waals surface area contributed by atoms with Gasteiger partial charge in [-0.3, -0.25) is 0 Å². The molecule has 1 aliphatic rings. The molecule has 1 aromatic heterocycles. The van der Waals surface area contributed by atoms with Crippen molar-refractivity contribution in [3.05, 3.63) is 66.1 Å². The quantitative estimate of drug-likeness (QED) is 0.359. The van der Waals surface area contributed by atoms with Crippen molar-refractivity contribution in [3.8, 4) is 22.6 Å². The Morgan fingerprint density at radius 1 is 0.879 bits per heavy atom. The van der Waals surface area contributed by atoms with Crippen molar-refractivity contribution in [2.24, 2.45) is 11.8 Å². The van der Waals surface area contributed by atoms with E-state index < -0.39 is 0 Å². The second kappa shape index (κ2) is 10.7. The van der Waals surface area contributed by atoms with Crippen LogP contribution in [0.15, 0.2) is 59.0 Å². The summed E-state index contributed by atoms with van der Waals surface area (Å²) in [7, 11) is 0. The molecule has 0 bridgehead atoms. The van der Waals surface area contributed by atoms with Crippen LogP contribution in [0, 0.1) is 18.8 Å². The summed E-state index contributed by atoms with van der Waals surface area (Å²) in [6, 6.07) is 18.7. The van der Waals surface area contributed by atoms with Gasteiger partial charge in [-0.05, 0) is 82.1 Å². The number of aromatic nitrogens is 1. The second-order valence-electron chi connectivity index (χ2n) is 10.3. The van der Waals surface area contributed by atoms with Crippen LogP contribution in [0.3, 0.4) is 0 Å². The molecule has 1 fully saturated rings. The van der Waals surface area contributed by atoms with E-state index in [0.717, 1.165) is 30.2 Å². The molecule has 4 heteroatoms. The molecule has 3 aromatic rings. The first-order valence-electron chi connectivity index (χ1n) is 12.2. The fourth-order valence-corrected chi connectivity index (χ4v) is 4.52. The van der Waals surface area contributed by atoms with Gasteiger partial charge in [0.2, 0.25) is 5.89 Å². The van der Waals surface area contributed by atoms with Crippen molar-refractivity contribution in [3.63, 3.8) is 0 Å². The molecule has 1 saturated carbocycles. The third-order valence-electron chi connectivity index (χ3n) is 6.37. The minimum Gasteiger partial charge on any atom is -0.441 e. The summed E-state index contributed by atoms with van der Waals surface area (Å²) in [5.41, 5.74) is 4.20. The van der Waals surface area contributed by atoms with Gasteiger partial charge < -0.3 is 13.9 Å². The van der Waals surface area contributed by atoms with Crippen LogP contribution >= 0.6 is 0 Å². The fraction of sp³-hybridized carbons (Fsp3) is 0.483. The summed E-state index contributed by atoms with van der Waals surface area (Å²) < 4.78 is 18.1. The zero-order chi connectivity index (χ0) is 23.3. The maximum Gasteiger partial charge on any atom is 0.226 e. The van der Waals surface area contributed by atoms with Gasteiger partial charge in [0.15, 0.2) is 0 Å². The molecular formula is C29H37NO3. The lowest BCUT2D eigenvalue weighted by molar-refractivity contribution is -0.0365. The molecule has 1 heterocycles. The maximum absolute atomic E-state index is 6.10. The van der Waals surface area contributed by atoms with E-state index in [1.165, 1.54) is 36.8 Å². The van der Waals surface area contributed by atoms with Gasteiger partial charge >= 0.3 is 0 Å². The number of benzene rings is 2. The van der Waals surface area contributed by atoms with E-state index in [-0.39, 0.29) is 5.60 Å². The van der Waals surface area contributed by atoms with Crippen molar-refractivity contribution in [1.29, 1.82) is 0 Å². The maximum atomic E-state index is 6.10. The first-order valence-corrected chi connectivity index (χ1v) is 12.2. The Balaban J connectivity index is 1.29. The van der Waals surface area contributed by atoms with E-state index in [2.05, 4.69) is 69.3 Å².